The van der Waals surface area contributed by atoms with E-state index in [0.717, 1.165) is 29.2 Å². The molecular weight excluding hydrogens is 244 g/mol. The van der Waals surface area contributed by atoms with Gasteiger partial charge in [0.2, 0.25) is 0 Å². The van der Waals surface area contributed by atoms with Gasteiger partial charge in [0.05, 0.1) is 0 Å². The summed E-state index contributed by atoms with van der Waals surface area (Å²) in [5.41, 5.74) is 2.01. The molecule has 1 atom stereocenters. The molecule has 0 amide bonds. The number of aromatic hydroxyl groups is 1. The molecule has 0 saturated carbocycles. The molecule has 3 nitrogen and oxygen atoms in total. The number of nitrogens with one attached hydrogen (secondary N) is 1. The first-order valence-electron chi connectivity index (χ1n) is 6.13. The summed E-state index contributed by atoms with van der Waals surface area (Å²) in [4.78, 5) is 4.43. The van der Waals surface area contributed by atoms with Gasteiger partial charge >= 0.3 is 0 Å². The number of nitrogens with zero attached hydrogens (tertiary/aromatic N) is 1. The van der Waals surface area contributed by atoms with E-state index in [-0.39, 0.29) is 6.04 Å². The molecule has 0 spiro atoms. The molecule has 1 aromatic carbocycles. The molecule has 1 unspecified atom stereocenters. The third-order valence-electron chi connectivity index (χ3n) is 2.89. The smallest absolute Gasteiger partial charge is 0.120 e. The minimum Gasteiger partial charge on any atom is -0.508 e. The molecule has 18 heavy (non-hydrogen) atoms. The van der Waals surface area contributed by atoms with Crippen molar-refractivity contribution < 1.29 is 5.11 Å². The number of hydrogen-bond donors (Lipinski definition) is 2. The summed E-state index contributed by atoms with van der Waals surface area (Å²) in [6, 6.07) is 7.65. The van der Waals surface area contributed by atoms with Crippen LogP contribution in [0.1, 0.15) is 35.7 Å². The molecule has 0 aliphatic carbocycles. The highest BCUT2D eigenvalue weighted by Crippen LogP contribution is 2.26. The van der Waals surface area contributed by atoms with Gasteiger partial charge < -0.3 is 10.4 Å². The number of rotatable bonds is 5. The third-order valence-corrected chi connectivity index (χ3v) is 3.85. The normalized spacial score (nSPS) is 12.6. The summed E-state index contributed by atoms with van der Waals surface area (Å²) >= 11 is 1.67. The van der Waals surface area contributed by atoms with Crippen LogP contribution in [0.3, 0.4) is 0 Å². The molecule has 2 N–H and O–H groups in total. The van der Waals surface area contributed by atoms with Crippen LogP contribution in [0.2, 0.25) is 0 Å². The number of phenolic OH excluding ortho intramolecular Hbond substituents is 1. The summed E-state index contributed by atoms with van der Waals surface area (Å²) in [6.07, 6.45) is 0.932. The standard InChI is InChI=1S/C14H18N2OS/c1-3-12(11-6-4-5-7-13(11)17)15-8-14-16-10(2)9-18-14/h4-7,9,12,15,17H,3,8H2,1-2H3. The van der Waals surface area contributed by atoms with E-state index in [1.54, 1.807) is 17.4 Å². The zero-order valence-electron chi connectivity index (χ0n) is 10.7. The van der Waals surface area contributed by atoms with Crippen molar-refractivity contribution >= 4 is 11.3 Å². The number of hydrogen-bond acceptors (Lipinski definition) is 4. The van der Waals surface area contributed by atoms with Gasteiger partial charge in [-0.2, -0.15) is 0 Å². The Bertz CT molecular complexity index is 510. The third kappa shape index (κ3) is 3.09. The topological polar surface area (TPSA) is 45.2 Å². The lowest BCUT2D eigenvalue weighted by Crippen LogP contribution is -2.20. The zero-order chi connectivity index (χ0) is 13.0. The second-order valence-electron chi connectivity index (χ2n) is 4.28. The zero-order valence-corrected chi connectivity index (χ0v) is 11.5. The molecule has 0 aliphatic heterocycles. The maximum atomic E-state index is 9.86. The first-order chi connectivity index (χ1) is 8.70. The Kier molecular flexibility index (Phi) is 4.33. The Labute approximate surface area is 112 Å². The summed E-state index contributed by atoms with van der Waals surface area (Å²) < 4.78 is 0. The van der Waals surface area contributed by atoms with E-state index < -0.39 is 0 Å². The van der Waals surface area contributed by atoms with Crippen LogP contribution in [0.4, 0.5) is 0 Å². The molecule has 0 radical (unpaired) electrons. The first kappa shape index (κ1) is 13.1. The highest BCUT2D eigenvalue weighted by atomic mass is 32.1. The maximum absolute atomic E-state index is 9.86. The number of aromatic nitrogens is 1. The first-order valence-corrected chi connectivity index (χ1v) is 7.01. The molecule has 2 rings (SSSR count). The molecule has 2 aromatic rings. The van der Waals surface area contributed by atoms with Crippen molar-refractivity contribution in [2.45, 2.75) is 32.9 Å². The number of thiazole rings is 1. The summed E-state index contributed by atoms with van der Waals surface area (Å²) in [6.45, 7) is 4.85. The lowest BCUT2D eigenvalue weighted by molar-refractivity contribution is 0.440. The van der Waals surface area contributed by atoms with Gasteiger partial charge in [-0.05, 0) is 19.4 Å². The largest absolute Gasteiger partial charge is 0.508 e. The van der Waals surface area contributed by atoms with E-state index in [1.165, 1.54) is 0 Å². The summed E-state index contributed by atoms with van der Waals surface area (Å²) in [7, 11) is 0. The highest BCUT2D eigenvalue weighted by Gasteiger charge is 2.12. The van der Waals surface area contributed by atoms with E-state index in [9.17, 15) is 5.11 Å². The number of aryl methyl sites for hydroxylation is 1. The Morgan fingerprint density at radius 3 is 2.78 bits per heavy atom. The number of benzene rings is 1. The minimum absolute atomic E-state index is 0.162. The van der Waals surface area contributed by atoms with Crippen molar-refractivity contribution in [1.82, 2.24) is 10.3 Å². The fourth-order valence-electron chi connectivity index (χ4n) is 1.95. The van der Waals surface area contributed by atoms with E-state index in [4.69, 9.17) is 0 Å². The van der Waals surface area contributed by atoms with Gasteiger partial charge in [0.1, 0.15) is 10.8 Å². The lowest BCUT2D eigenvalue weighted by Gasteiger charge is -2.17. The Hall–Kier alpha value is -1.39. The van der Waals surface area contributed by atoms with Crippen molar-refractivity contribution in [3.05, 3.63) is 45.9 Å². The number of phenols is 1. The van der Waals surface area contributed by atoms with Gasteiger partial charge in [-0.25, -0.2) is 4.98 Å². The van der Waals surface area contributed by atoms with Gasteiger partial charge in [0, 0.05) is 29.2 Å². The fraction of sp³-hybridized carbons (Fsp3) is 0.357. The lowest BCUT2D eigenvalue weighted by atomic mass is 10.0. The monoisotopic (exact) mass is 262 g/mol. The van der Waals surface area contributed by atoms with Crippen LogP contribution in [0.25, 0.3) is 0 Å². The van der Waals surface area contributed by atoms with Gasteiger partial charge in [-0.3, -0.25) is 0 Å². The van der Waals surface area contributed by atoms with Crippen molar-refractivity contribution in [2.24, 2.45) is 0 Å². The van der Waals surface area contributed by atoms with E-state index >= 15 is 0 Å². The molecule has 0 saturated heterocycles. The summed E-state index contributed by atoms with van der Waals surface area (Å²) in [5.74, 6) is 0.354. The average molecular weight is 262 g/mol. The van der Waals surface area contributed by atoms with Crippen molar-refractivity contribution in [3.8, 4) is 5.75 Å². The van der Waals surface area contributed by atoms with Gasteiger partial charge in [0.15, 0.2) is 0 Å². The maximum Gasteiger partial charge on any atom is 0.120 e. The van der Waals surface area contributed by atoms with Gasteiger partial charge in [-0.15, -0.1) is 11.3 Å². The van der Waals surface area contributed by atoms with Crippen LogP contribution in [0.5, 0.6) is 5.75 Å². The van der Waals surface area contributed by atoms with Gasteiger partial charge in [0.25, 0.3) is 0 Å². The average Bonchev–Trinajstić information content (AvgIpc) is 2.78. The second-order valence-corrected chi connectivity index (χ2v) is 5.23. The fourth-order valence-corrected chi connectivity index (χ4v) is 2.67. The molecule has 0 bridgehead atoms. The Morgan fingerprint density at radius 2 is 2.17 bits per heavy atom. The SMILES string of the molecule is CCC(NCc1nc(C)cs1)c1ccccc1O. The summed E-state index contributed by atoms with van der Waals surface area (Å²) in [5, 5.41) is 16.4. The predicted molar refractivity (Wildman–Crippen MR) is 74.8 cm³/mol. The van der Waals surface area contributed by atoms with Crippen molar-refractivity contribution in [1.29, 1.82) is 0 Å². The van der Waals surface area contributed by atoms with Crippen LogP contribution in [0.15, 0.2) is 29.6 Å². The van der Waals surface area contributed by atoms with Crippen molar-refractivity contribution in [2.75, 3.05) is 0 Å². The highest BCUT2D eigenvalue weighted by molar-refractivity contribution is 7.09. The predicted octanol–water partition coefficient (Wildman–Crippen LogP) is 3.40. The van der Waals surface area contributed by atoms with Crippen LogP contribution >= 0.6 is 11.3 Å². The van der Waals surface area contributed by atoms with Crippen molar-refractivity contribution in [3.63, 3.8) is 0 Å². The quantitative estimate of drug-likeness (QED) is 0.868. The molecule has 4 heteroatoms. The van der Waals surface area contributed by atoms with Crippen LogP contribution < -0.4 is 5.32 Å². The Balaban J connectivity index is 2.04. The van der Waals surface area contributed by atoms with E-state index in [2.05, 4.69) is 22.6 Å². The van der Waals surface area contributed by atoms with Crippen LogP contribution in [0, 0.1) is 6.92 Å². The van der Waals surface area contributed by atoms with E-state index in [0.29, 0.717) is 5.75 Å². The second kappa shape index (κ2) is 5.98. The Morgan fingerprint density at radius 1 is 1.39 bits per heavy atom. The van der Waals surface area contributed by atoms with Crippen LogP contribution in [-0.4, -0.2) is 10.1 Å². The van der Waals surface area contributed by atoms with Crippen LogP contribution in [-0.2, 0) is 6.54 Å². The molecule has 1 aromatic heterocycles. The molecule has 96 valence electrons. The molecule has 0 aliphatic rings. The molecule has 1 heterocycles. The number of para-hydroxylation sites is 1. The molecule has 0 fully saturated rings. The van der Waals surface area contributed by atoms with E-state index in [1.807, 2.05) is 25.1 Å². The molecular formula is C14H18N2OS. The minimum atomic E-state index is 0.162. The van der Waals surface area contributed by atoms with Gasteiger partial charge in [-0.1, -0.05) is 25.1 Å².